The van der Waals surface area contributed by atoms with Gasteiger partial charge in [0.2, 0.25) is 0 Å². The van der Waals surface area contributed by atoms with Gasteiger partial charge >= 0.3 is 0 Å². The van der Waals surface area contributed by atoms with Gasteiger partial charge < -0.3 is 18.9 Å². The van der Waals surface area contributed by atoms with E-state index in [-0.39, 0.29) is 30.3 Å². The van der Waals surface area contributed by atoms with E-state index in [1.54, 1.807) is 7.11 Å². The molecule has 2 fully saturated rings. The molecule has 0 spiro atoms. The Balaban J connectivity index is 1.27. The van der Waals surface area contributed by atoms with E-state index in [2.05, 4.69) is 53.6 Å². The van der Waals surface area contributed by atoms with Crippen molar-refractivity contribution in [3.8, 4) is 5.75 Å². The molecule has 4 aromatic rings. The Morgan fingerprint density at radius 1 is 0.585 bits per heavy atom. The van der Waals surface area contributed by atoms with Gasteiger partial charge in [0.25, 0.3) is 0 Å². The Kier molecular flexibility index (Phi) is 9.05. The van der Waals surface area contributed by atoms with Gasteiger partial charge in [-0.25, -0.2) is 0 Å². The van der Waals surface area contributed by atoms with Gasteiger partial charge in [0, 0.05) is 12.5 Å². The molecule has 6 heteroatoms. The lowest BCUT2D eigenvalue weighted by molar-refractivity contribution is -0.194. The van der Waals surface area contributed by atoms with Crippen LogP contribution in [0.3, 0.4) is 0 Å². The lowest BCUT2D eigenvalue weighted by Crippen LogP contribution is -2.44. The number of fused-ring (bicyclic) bond motifs is 1. The molecule has 1 aliphatic carbocycles. The minimum absolute atomic E-state index is 0.0256. The Labute approximate surface area is 242 Å². The average Bonchev–Trinajstić information content (AvgIpc) is 3.57. The van der Waals surface area contributed by atoms with Crippen LogP contribution in [0, 0.1) is 5.92 Å². The van der Waals surface area contributed by atoms with E-state index in [4.69, 9.17) is 23.8 Å². The van der Waals surface area contributed by atoms with Crippen molar-refractivity contribution in [3.05, 3.63) is 138 Å². The molecule has 41 heavy (non-hydrogen) atoms. The summed E-state index contributed by atoms with van der Waals surface area (Å²) in [5, 5.41) is 2.08. The van der Waals surface area contributed by atoms with Gasteiger partial charge in [-0.15, -0.1) is 0 Å². The van der Waals surface area contributed by atoms with Crippen LogP contribution >= 0.6 is 0 Å². The van der Waals surface area contributed by atoms with E-state index in [9.17, 15) is 0 Å². The van der Waals surface area contributed by atoms with Gasteiger partial charge in [0.05, 0.1) is 45.7 Å². The van der Waals surface area contributed by atoms with Crippen LogP contribution in [0.2, 0.25) is 0 Å². The third kappa shape index (κ3) is 6.70. The lowest BCUT2D eigenvalue weighted by atomic mass is 10.0. The number of rotatable bonds is 12. The van der Waals surface area contributed by atoms with Gasteiger partial charge in [0.1, 0.15) is 18.0 Å². The predicted molar refractivity (Wildman–Crippen MR) is 157 cm³/mol. The van der Waals surface area contributed by atoms with Crippen molar-refractivity contribution >= 4 is 0 Å². The summed E-state index contributed by atoms with van der Waals surface area (Å²) in [5.41, 5.74) is 4.52. The van der Waals surface area contributed by atoms with Crippen LogP contribution in [-0.2, 0) is 45.4 Å². The zero-order valence-corrected chi connectivity index (χ0v) is 23.4. The molecule has 6 nitrogen and oxygen atoms in total. The van der Waals surface area contributed by atoms with Crippen LogP contribution in [0.25, 0.3) is 0 Å². The quantitative estimate of drug-likeness (QED) is 0.209. The van der Waals surface area contributed by atoms with E-state index in [1.165, 1.54) is 0 Å². The van der Waals surface area contributed by atoms with Crippen LogP contribution in [-0.4, -0.2) is 43.1 Å². The number of methoxy groups -OCH3 is 1. The van der Waals surface area contributed by atoms with E-state index < -0.39 is 0 Å². The molecule has 6 rings (SSSR count). The minimum atomic E-state index is -0.264. The molecule has 1 aliphatic heterocycles. The van der Waals surface area contributed by atoms with Gasteiger partial charge in [-0.3, -0.25) is 4.84 Å². The van der Waals surface area contributed by atoms with Crippen LogP contribution < -0.4 is 4.74 Å². The van der Waals surface area contributed by atoms with Crippen molar-refractivity contribution in [2.75, 3.05) is 13.7 Å². The molecule has 4 aromatic carbocycles. The monoisotopic (exact) mass is 551 g/mol. The molecule has 0 bridgehead atoms. The third-order valence-corrected chi connectivity index (χ3v) is 7.96. The fourth-order valence-corrected chi connectivity index (χ4v) is 5.87. The maximum Gasteiger partial charge on any atom is 0.118 e. The second-order valence-electron chi connectivity index (χ2n) is 10.7. The highest BCUT2D eigenvalue weighted by atomic mass is 16.7. The van der Waals surface area contributed by atoms with Crippen LogP contribution in [0.5, 0.6) is 5.75 Å². The standard InChI is InChI=1S/C35H37NO5/c1-37-30-19-17-26(18-20-30)21-36-32-31(25-41-36)33(38-22-27-11-5-2-6-12-27)35(40-24-29-15-9-4-10-16-29)34(32)39-23-28-13-7-3-8-14-28/h2-20,31-35H,21-25H2,1H3/t31-,32?,33?,34?,35?/m1/s1. The molecule has 2 aliphatic rings. The summed E-state index contributed by atoms with van der Waals surface area (Å²) >= 11 is 0. The summed E-state index contributed by atoms with van der Waals surface area (Å²) in [5.74, 6) is 0.932. The topological polar surface area (TPSA) is 49.4 Å². The molecule has 1 saturated carbocycles. The summed E-state index contributed by atoms with van der Waals surface area (Å²) in [6, 6.07) is 39.0. The summed E-state index contributed by atoms with van der Waals surface area (Å²) in [6.45, 7) is 2.66. The second-order valence-corrected chi connectivity index (χ2v) is 10.7. The Hall–Kier alpha value is -3.52. The van der Waals surface area contributed by atoms with Crippen molar-refractivity contribution in [1.29, 1.82) is 0 Å². The van der Waals surface area contributed by atoms with Crippen molar-refractivity contribution in [2.45, 2.75) is 50.7 Å². The molecule has 0 radical (unpaired) electrons. The molecule has 212 valence electrons. The van der Waals surface area contributed by atoms with Crippen molar-refractivity contribution < 1.29 is 23.8 Å². The molecule has 0 amide bonds. The number of benzene rings is 4. The lowest BCUT2D eigenvalue weighted by Gasteiger charge is -2.31. The predicted octanol–water partition coefficient (Wildman–Crippen LogP) is 6.20. The maximum absolute atomic E-state index is 6.74. The molecule has 1 saturated heterocycles. The van der Waals surface area contributed by atoms with Crippen LogP contribution in [0.15, 0.2) is 115 Å². The fourth-order valence-electron chi connectivity index (χ4n) is 5.87. The highest BCUT2D eigenvalue weighted by molar-refractivity contribution is 5.27. The van der Waals surface area contributed by atoms with E-state index >= 15 is 0 Å². The Morgan fingerprint density at radius 2 is 1.07 bits per heavy atom. The first-order valence-electron chi connectivity index (χ1n) is 14.3. The molecular formula is C35H37NO5. The van der Waals surface area contributed by atoms with Crippen molar-refractivity contribution in [3.63, 3.8) is 0 Å². The van der Waals surface area contributed by atoms with Gasteiger partial charge in [-0.2, -0.15) is 5.06 Å². The first-order valence-corrected chi connectivity index (χ1v) is 14.3. The Morgan fingerprint density at radius 3 is 1.59 bits per heavy atom. The SMILES string of the molecule is COc1ccc(CN2OC[C@H]3C(OCc4ccccc4)C(OCc4ccccc4)C(OCc4ccccc4)C32)cc1. The van der Waals surface area contributed by atoms with Crippen LogP contribution in [0.1, 0.15) is 22.3 Å². The number of nitrogens with zero attached hydrogens (tertiary/aromatic N) is 1. The summed E-state index contributed by atoms with van der Waals surface area (Å²) in [7, 11) is 1.68. The molecule has 4 unspecified atom stereocenters. The van der Waals surface area contributed by atoms with Crippen molar-refractivity contribution in [1.82, 2.24) is 5.06 Å². The highest BCUT2D eigenvalue weighted by Gasteiger charge is 2.58. The molecule has 0 aromatic heterocycles. The zero-order valence-electron chi connectivity index (χ0n) is 23.4. The van der Waals surface area contributed by atoms with E-state index in [0.29, 0.717) is 33.0 Å². The molecular weight excluding hydrogens is 514 g/mol. The van der Waals surface area contributed by atoms with E-state index in [0.717, 1.165) is 28.0 Å². The number of hydrogen-bond acceptors (Lipinski definition) is 6. The first kappa shape index (κ1) is 27.6. The van der Waals surface area contributed by atoms with Crippen molar-refractivity contribution in [2.24, 2.45) is 5.92 Å². The smallest absolute Gasteiger partial charge is 0.118 e. The maximum atomic E-state index is 6.74. The first-order chi connectivity index (χ1) is 20.3. The van der Waals surface area contributed by atoms with Gasteiger partial charge in [-0.1, -0.05) is 103 Å². The second kappa shape index (κ2) is 13.4. The molecule has 5 atom stereocenters. The van der Waals surface area contributed by atoms with Gasteiger partial charge in [0.15, 0.2) is 0 Å². The normalized spacial score (nSPS) is 23.9. The number of hydroxylamine groups is 2. The van der Waals surface area contributed by atoms with E-state index in [1.807, 2.05) is 66.7 Å². The summed E-state index contributed by atoms with van der Waals surface area (Å²) in [4.78, 5) is 6.34. The highest BCUT2D eigenvalue weighted by Crippen LogP contribution is 2.43. The molecule has 1 heterocycles. The number of hydrogen-bond donors (Lipinski definition) is 0. The largest absolute Gasteiger partial charge is 0.497 e. The van der Waals surface area contributed by atoms with Crippen LogP contribution in [0.4, 0.5) is 0 Å². The number of ether oxygens (including phenoxy) is 4. The summed E-state index contributed by atoms with van der Waals surface area (Å²) < 4.78 is 25.5. The minimum Gasteiger partial charge on any atom is -0.497 e. The van der Waals surface area contributed by atoms with Gasteiger partial charge in [-0.05, 0) is 34.4 Å². The fraction of sp³-hybridized carbons (Fsp3) is 0.314. The summed E-state index contributed by atoms with van der Waals surface area (Å²) in [6.07, 6.45) is -0.698. The Bertz CT molecular complexity index is 1340. The third-order valence-electron chi connectivity index (χ3n) is 7.96. The zero-order chi connectivity index (χ0) is 27.9. The average molecular weight is 552 g/mol. The molecule has 0 N–H and O–H groups in total.